The molecular weight excluding hydrogens is 180 g/mol. The zero-order valence-corrected chi connectivity index (χ0v) is 8.88. The maximum Gasteiger partial charge on any atom is 0.208 e. The molecule has 0 aromatic carbocycles. The Hall–Kier alpha value is -0.870. The van der Waals surface area contributed by atoms with Gasteiger partial charge < -0.3 is 14.5 Å². The Morgan fingerprint density at radius 1 is 1.50 bits per heavy atom. The van der Waals surface area contributed by atoms with Crippen LogP contribution in [0.4, 0.5) is 0 Å². The average Bonchev–Trinajstić information content (AvgIpc) is 2.63. The first kappa shape index (κ1) is 11.2. The molecule has 0 spiro atoms. The lowest BCUT2D eigenvalue weighted by molar-refractivity contribution is 0.146. The molecule has 14 heavy (non-hydrogen) atoms. The molecule has 80 valence electrons. The zero-order valence-electron chi connectivity index (χ0n) is 8.88. The monoisotopic (exact) mass is 198 g/mol. The molecule has 0 atom stereocenters. The molecule has 1 rings (SSSR count). The Labute approximate surface area is 84.7 Å². The van der Waals surface area contributed by atoms with E-state index in [1.165, 1.54) is 0 Å². The first-order chi connectivity index (χ1) is 6.86. The fraction of sp³-hybridized carbons (Fsp3) is 0.700. The van der Waals surface area contributed by atoms with Crippen LogP contribution in [0.15, 0.2) is 10.6 Å². The largest absolute Gasteiger partial charge is 0.444 e. The summed E-state index contributed by atoms with van der Waals surface area (Å²) in [7, 11) is 0. The molecule has 4 heteroatoms. The van der Waals surface area contributed by atoms with Gasteiger partial charge in [0.2, 0.25) is 5.89 Å². The summed E-state index contributed by atoms with van der Waals surface area (Å²) in [6.45, 7) is 7.11. The van der Waals surface area contributed by atoms with Crippen LogP contribution in [0, 0.1) is 0 Å². The predicted octanol–water partition coefficient (Wildman–Crippen LogP) is 1.36. The van der Waals surface area contributed by atoms with Crippen LogP contribution < -0.4 is 5.32 Å². The van der Waals surface area contributed by atoms with Crippen LogP contribution in [0.3, 0.4) is 0 Å². The van der Waals surface area contributed by atoms with E-state index in [-0.39, 0.29) is 0 Å². The van der Waals surface area contributed by atoms with Crippen LogP contribution in [0.25, 0.3) is 0 Å². The van der Waals surface area contributed by atoms with Crippen LogP contribution in [-0.2, 0) is 17.7 Å². The number of rotatable bonds is 7. The van der Waals surface area contributed by atoms with Gasteiger partial charge in [-0.1, -0.05) is 6.92 Å². The van der Waals surface area contributed by atoms with E-state index in [9.17, 15) is 0 Å². The van der Waals surface area contributed by atoms with E-state index in [0.29, 0.717) is 13.2 Å². The van der Waals surface area contributed by atoms with E-state index in [2.05, 4.69) is 17.2 Å². The Kier molecular flexibility index (Phi) is 5.25. The normalized spacial score (nSPS) is 10.7. The molecule has 0 unspecified atom stereocenters. The molecule has 0 saturated carbocycles. The number of hydrogen-bond acceptors (Lipinski definition) is 4. The third-order valence-corrected chi connectivity index (χ3v) is 1.82. The summed E-state index contributed by atoms with van der Waals surface area (Å²) in [5.74, 6) is 1.64. The topological polar surface area (TPSA) is 47.3 Å². The lowest BCUT2D eigenvalue weighted by Crippen LogP contribution is -2.11. The molecule has 1 aromatic heterocycles. The molecule has 0 aliphatic heterocycles. The van der Waals surface area contributed by atoms with E-state index >= 15 is 0 Å². The van der Waals surface area contributed by atoms with E-state index in [1.54, 1.807) is 6.20 Å². The second-order valence-electron chi connectivity index (χ2n) is 2.95. The summed E-state index contributed by atoms with van der Waals surface area (Å²) in [6, 6.07) is 0. The number of aromatic nitrogens is 1. The number of hydrogen-bond donors (Lipinski definition) is 1. The molecule has 1 N–H and O–H groups in total. The first-order valence-corrected chi connectivity index (χ1v) is 5.08. The van der Waals surface area contributed by atoms with E-state index in [0.717, 1.165) is 31.2 Å². The minimum atomic E-state index is 0.700. The molecule has 0 fully saturated rings. The highest BCUT2D eigenvalue weighted by molar-refractivity contribution is 4.94. The molecule has 4 nitrogen and oxygen atoms in total. The minimum Gasteiger partial charge on any atom is -0.444 e. The van der Waals surface area contributed by atoms with Crippen molar-refractivity contribution >= 4 is 0 Å². The van der Waals surface area contributed by atoms with Gasteiger partial charge in [0.05, 0.1) is 19.3 Å². The van der Waals surface area contributed by atoms with Gasteiger partial charge in [-0.2, -0.15) is 0 Å². The average molecular weight is 198 g/mol. The van der Waals surface area contributed by atoms with Crippen molar-refractivity contribution in [3.63, 3.8) is 0 Å². The van der Waals surface area contributed by atoms with Crippen molar-refractivity contribution in [3.05, 3.63) is 17.8 Å². The SMILES string of the molecule is CCNCc1ncc(CCOCC)o1. The smallest absolute Gasteiger partial charge is 0.208 e. The Morgan fingerprint density at radius 2 is 2.36 bits per heavy atom. The van der Waals surface area contributed by atoms with Crippen LogP contribution >= 0.6 is 0 Å². The number of oxazole rings is 1. The second-order valence-corrected chi connectivity index (χ2v) is 2.95. The van der Waals surface area contributed by atoms with Crippen molar-refractivity contribution in [2.75, 3.05) is 19.8 Å². The van der Waals surface area contributed by atoms with Crippen LogP contribution in [-0.4, -0.2) is 24.7 Å². The molecule has 1 aromatic rings. The quantitative estimate of drug-likeness (QED) is 0.672. The van der Waals surface area contributed by atoms with Gasteiger partial charge in [-0.05, 0) is 13.5 Å². The number of nitrogens with one attached hydrogen (secondary N) is 1. The highest BCUT2D eigenvalue weighted by Crippen LogP contribution is 2.04. The van der Waals surface area contributed by atoms with Crippen molar-refractivity contribution in [2.24, 2.45) is 0 Å². The molecule has 1 heterocycles. The predicted molar refractivity (Wildman–Crippen MR) is 54.1 cm³/mol. The lowest BCUT2D eigenvalue weighted by Gasteiger charge is -1.97. The molecule has 0 amide bonds. The Balaban J connectivity index is 2.27. The molecule has 0 bridgehead atoms. The van der Waals surface area contributed by atoms with Gasteiger partial charge in [0.15, 0.2) is 0 Å². The lowest BCUT2D eigenvalue weighted by atomic mass is 10.4. The zero-order chi connectivity index (χ0) is 10.2. The van der Waals surface area contributed by atoms with Gasteiger partial charge in [-0.25, -0.2) is 4.98 Å². The van der Waals surface area contributed by atoms with Crippen molar-refractivity contribution in [3.8, 4) is 0 Å². The van der Waals surface area contributed by atoms with Crippen molar-refractivity contribution in [2.45, 2.75) is 26.8 Å². The summed E-state index contributed by atoms with van der Waals surface area (Å²) in [4.78, 5) is 4.15. The fourth-order valence-corrected chi connectivity index (χ4v) is 1.09. The number of nitrogens with zero attached hydrogens (tertiary/aromatic N) is 1. The summed E-state index contributed by atoms with van der Waals surface area (Å²) in [5.41, 5.74) is 0. The first-order valence-electron chi connectivity index (χ1n) is 5.08. The maximum absolute atomic E-state index is 5.48. The van der Waals surface area contributed by atoms with E-state index in [1.807, 2.05) is 6.92 Å². The number of ether oxygens (including phenoxy) is 1. The minimum absolute atomic E-state index is 0.700. The highest BCUT2D eigenvalue weighted by Gasteiger charge is 2.02. The van der Waals surface area contributed by atoms with Crippen LogP contribution in [0.2, 0.25) is 0 Å². The fourth-order valence-electron chi connectivity index (χ4n) is 1.09. The third-order valence-electron chi connectivity index (χ3n) is 1.82. The van der Waals surface area contributed by atoms with Crippen LogP contribution in [0.1, 0.15) is 25.5 Å². The van der Waals surface area contributed by atoms with E-state index < -0.39 is 0 Å². The second kappa shape index (κ2) is 6.56. The van der Waals surface area contributed by atoms with Crippen LogP contribution in [0.5, 0.6) is 0 Å². The van der Waals surface area contributed by atoms with Crippen molar-refractivity contribution < 1.29 is 9.15 Å². The highest BCUT2D eigenvalue weighted by atomic mass is 16.5. The van der Waals surface area contributed by atoms with Gasteiger partial charge in [-0.15, -0.1) is 0 Å². The van der Waals surface area contributed by atoms with Crippen molar-refractivity contribution in [1.82, 2.24) is 10.3 Å². The Morgan fingerprint density at radius 3 is 3.07 bits per heavy atom. The van der Waals surface area contributed by atoms with Gasteiger partial charge >= 0.3 is 0 Å². The van der Waals surface area contributed by atoms with Gasteiger partial charge in [0.25, 0.3) is 0 Å². The molecule has 0 aliphatic carbocycles. The third kappa shape index (κ3) is 3.89. The summed E-state index contributed by atoms with van der Waals surface area (Å²) in [6.07, 6.45) is 2.57. The Bertz CT molecular complexity index is 248. The molecule has 0 radical (unpaired) electrons. The van der Waals surface area contributed by atoms with E-state index in [4.69, 9.17) is 9.15 Å². The van der Waals surface area contributed by atoms with Gasteiger partial charge in [0.1, 0.15) is 5.76 Å². The van der Waals surface area contributed by atoms with Crippen molar-refractivity contribution in [1.29, 1.82) is 0 Å². The van der Waals surface area contributed by atoms with Gasteiger partial charge in [0, 0.05) is 13.0 Å². The standard InChI is InChI=1S/C10H18N2O2/c1-3-11-8-10-12-7-9(14-10)5-6-13-4-2/h7,11H,3-6,8H2,1-2H3. The maximum atomic E-state index is 5.48. The molecule has 0 aliphatic rings. The van der Waals surface area contributed by atoms with Gasteiger partial charge in [-0.3, -0.25) is 0 Å². The summed E-state index contributed by atoms with van der Waals surface area (Å²) < 4.78 is 10.7. The molecule has 0 saturated heterocycles. The summed E-state index contributed by atoms with van der Waals surface area (Å²) in [5, 5.41) is 3.16. The summed E-state index contributed by atoms with van der Waals surface area (Å²) >= 11 is 0. The molecular formula is C10H18N2O2.